The first-order chi connectivity index (χ1) is 15.5. The summed E-state index contributed by atoms with van der Waals surface area (Å²) in [6.45, 7) is 1.63. The van der Waals surface area contributed by atoms with Crippen LogP contribution in [0.15, 0.2) is 71.1 Å². The number of amides is 1. The van der Waals surface area contributed by atoms with Gasteiger partial charge in [0.1, 0.15) is 18.0 Å². The van der Waals surface area contributed by atoms with Crippen molar-refractivity contribution < 1.29 is 27.9 Å². The molecule has 0 spiro atoms. The lowest BCUT2D eigenvalue weighted by Crippen LogP contribution is -2.40. The number of ether oxygens (including phenoxy) is 2. The molecule has 1 aliphatic rings. The van der Waals surface area contributed by atoms with E-state index in [0.29, 0.717) is 28.0 Å². The van der Waals surface area contributed by atoms with Crippen LogP contribution in [0.1, 0.15) is 21.7 Å². The molecule has 0 saturated heterocycles. The Kier molecular flexibility index (Phi) is 4.86. The van der Waals surface area contributed by atoms with Gasteiger partial charge in [-0.2, -0.15) is 0 Å². The van der Waals surface area contributed by atoms with Crippen LogP contribution in [0.5, 0.6) is 11.5 Å². The number of carbonyl (C=O) groups excluding carboxylic acids is 2. The van der Waals surface area contributed by atoms with E-state index in [1.165, 1.54) is 12.1 Å². The fourth-order valence-electron chi connectivity index (χ4n) is 3.55. The molecule has 160 valence electrons. The number of hydrogen-bond acceptors (Lipinski definition) is 5. The van der Waals surface area contributed by atoms with Crippen LogP contribution in [0, 0.1) is 12.7 Å². The van der Waals surface area contributed by atoms with Gasteiger partial charge in [-0.15, -0.1) is 0 Å². The van der Waals surface area contributed by atoms with Gasteiger partial charge in [-0.25, -0.2) is 4.39 Å². The summed E-state index contributed by atoms with van der Waals surface area (Å²) in [6.07, 6.45) is -0.918. The van der Waals surface area contributed by atoms with Crippen molar-refractivity contribution in [3.8, 4) is 11.5 Å². The molecule has 3 aromatic carbocycles. The summed E-state index contributed by atoms with van der Waals surface area (Å²) in [6, 6.07) is 18.2. The van der Waals surface area contributed by atoms with E-state index in [0.717, 1.165) is 6.07 Å². The molecule has 1 unspecified atom stereocenters. The van der Waals surface area contributed by atoms with Gasteiger partial charge < -0.3 is 19.2 Å². The maximum Gasteiger partial charge on any atom is 0.269 e. The van der Waals surface area contributed by atoms with E-state index < -0.39 is 23.6 Å². The molecule has 0 aliphatic carbocycles. The number of furan rings is 1. The van der Waals surface area contributed by atoms with E-state index in [1.807, 2.05) is 6.07 Å². The largest absolute Gasteiger partial charge is 0.485 e. The molecule has 5 rings (SSSR count). The molecule has 0 fully saturated rings. The first-order valence-corrected chi connectivity index (χ1v) is 10.0. The van der Waals surface area contributed by atoms with Crippen LogP contribution in [0.2, 0.25) is 0 Å². The Bertz CT molecular complexity index is 1360. The van der Waals surface area contributed by atoms with E-state index in [4.69, 9.17) is 13.9 Å². The summed E-state index contributed by atoms with van der Waals surface area (Å²) < 4.78 is 31.2. The Hall–Kier alpha value is -4.13. The Balaban J connectivity index is 1.49. The Morgan fingerprint density at radius 1 is 1.00 bits per heavy atom. The third-order valence-electron chi connectivity index (χ3n) is 5.28. The zero-order valence-electron chi connectivity index (χ0n) is 17.1. The van der Waals surface area contributed by atoms with Crippen LogP contribution in [-0.4, -0.2) is 24.4 Å². The summed E-state index contributed by atoms with van der Waals surface area (Å²) in [5, 5.41) is 3.31. The van der Waals surface area contributed by atoms with E-state index in [2.05, 4.69) is 5.32 Å². The normalized spacial score (nSPS) is 14.9. The van der Waals surface area contributed by atoms with E-state index >= 15 is 0 Å². The molecular weight excluding hydrogens is 413 g/mol. The predicted molar refractivity (Wildman–Crippen MR) is 116 cm³/mol. The number of ketones is 1. The summed E-state index contributed by atoms with van der Waals surface area (Å²) >= 11 is 0. The molecule has 6 nitrogen and oxygen atoms in total. The van der Waals surface area contributed by atoms with Crippen molar-refractivity contribution >= 4 is 28.3 Å². The van der Waals surface area contributed by atoms with Crippen LogP contribution < -0.4 is 14.8 Å². The van der Waals surface area contributed by atoms with Crippen LogP contribution >= 0.6 is 0 Å². The van der Waals surface area contributed by atoms with Crippen LogP contribution in [-0.2, 0) is 4.79 Å². The van der Waals surface area contributed by atoms with Gasteiger partial charge in [-0.3, -0.25) is 9.59 Å². The Morgan fingerprint density at radius 3 is 2.56 bits per heavy atom. The van der Waals surface area contributed by atoms with Gasteiger partial charge in [-0.05, 0) is 42.8 Å². The third-order valence-corrected chi connectivity index (χ3v) is 5.28. The molecule has 2 heterocycles. The second-order valence-corrected chi connectivity index (χ2v) is 7.45. The van der Waals surface area contributed by atoms with Gasteiger partial charge >= 0.3 is 0 Å². The predicted octanol–water partition coefficient (Wildman–Crippen LogP) is 4.89. The molecule has 0 bridgehead atoms. The molecule has 32 heavy (non-hydrogen) atoms. The number of aryl methyl sites for hydroxylation is 1. The number of para-hydroxylation sites is 3. The first kappa shape index (κ1) is 19.8. The lowest BCUT2D eigenvalue weighted by molar-refractivity contribution is -0.125. The number of benzene rings is 3. The minimum absolute atomic E-state index is 0.0189. The average Bonchev–Trinajstić information content (AvgIpc) is 3.18. The average molecular weight is 431 g/mol. The van der Waals surface area contributed by atoms with Crippen molar-refractivity contribution in [2.24, 2.45) is 0 Å². The zero-order chi connectivity index (χ0) is 22.2. The molecule has 1 aromatic heterocycles. The van der Waals surface area contributed by atoms with Crippen LogP contribution in [0.3, 0.4) is 0 Å². The number of fused-ring (bicyclic) bond motifs is 2. The van der Waals surface area contributed by atoms with Crippen molar-refractivity contribution in [3.05, 3.63) is 89.4 Å². The lowest BCUT2D eigenvalue weighted by Gasteiger charge is -2.25. The number of hydrogen-bond donors (Lipinski definition) is 1. The number of anilines is 1. The summed E-state index contributed by atoms with van der Waals surface area (Å²) in [5.41, 5.74) is 1.17. The fraction of sp³-hybridized carbons (Fsp3) is 0.120. The summed E-state index contributed by atoms with van der Waals surface area (Å²) in [7, 11) is 0. The highest BCUT2D eigenvalue weighted by Gasteiger charge is 2.30. The van der Waals surface area contributed by atoms with Crippen LogP contribution in [0.4, 0.5) is 10.1 Å². The van der Waals surface area contributed by atoms with Gasteiger partial charge in [0.2, 0.25) is 11.9 Å². The van der Waals surface area contributed by atoms with Gasteiger partial charge in [0, 0.05) is 10.9 Å². The first-order valence-electron chi connectivity index (χ1n) is 10.0. The van der Waals surface area contributed by atoms with Gasteiger partial charge in [-0.1, -0.05) is 36.4 Å². The monoisotopic (exact) mass is 431 g/mol. The Morgan fingerprint density at radius 2 is 1.75 bits per heavy atom. The van der Waals surface area contributed by atoms with Crippen molar-refractivity contribution in [1.29, 1.82) is 0 Å². The minimum Gasteiger partial charge on any atom is -0.485 e. The molecule has 0 saturated carbocycles. The van der Waals surface area contributed by atoms with Crippen molar-refractivity contribution in [3.63, 3.8) is 0 Å². The lowest BCUT2D eigenvalue weighted by atomic mass is 10.0. The molecule has 1 amide bonds. The summed E-state index contributed by atoms with van der Waals surface area (Å²) in [4.78, 5) is 26.2. The van der Waals surface area contributed by atoms with E-state index in [9.17, 15) is 14.0 Å². The second-order valence-electron chi connectivity index (χ2n) is 7.45. The fourth-order valence-corrected chi connectivity index (χ4v) is 3.55. The molecule has 4 aromatic rings. The molecule has 0 radical (unpaired) electrons. The van der Waals surface area contributed by atoms with Crippen LogP contribution in [0.25, 0.3) is 11.0 Å². The van der Waals surface area contributed by atoms with Crippen molar-refractivity contribution in [2.75, 3.05) is 11.9 Å². The Labute approximate surface area is 182 Å². The number of halogens is 1. The van der Waals surface area contributed by atoms with Gasteiger partial charge in [0.15, 0.2) is 17.3 Å². The van der Waals surface area contributed by atoms with Gasteiger partial charge in [0.05, 0.1) is 5.69 Å². The molecular formula is C25H18FNO5. The quantitative estimate of drug-likeness (QED) is 0.466. The molecule has 1 atom stereocenters. The van der Waals surface area contributed by atoms with Gasteiger partial charge in [0.25, 0.3) is 5.91 Å². The third kappa shape index (κ3) is 3.47. The highest BCUT2D eigenvalue weighted by molar-refractivity contribution is 6.17. The molecule has 1 aliphatic heterocycles. The summed E-state index contributed by atoms with van der Waals surface area (Å²) in [5.74, 6) is -0.592. The minimum atomic E-state index is -0.918. The van der Waals surface area contributed by atoms with Crippen molar-refractivity contribution in [1.82, 2.24) is 0 Å². The smallest absolute Gasteiger partial charge is 0.269 e. The standard InChI is InChI=1S/C25H18FNO5/c1-14-10-11-15(12-17(14)26)23(28)24-22(16-6-2-3-7-18(16)32-24)27-25(29)21-13-30-19-8-4-5-9-20(19)31-21/h2-12,21H,13H2,1H3,(H,27,29). The number of carbonyl (C=O) groups is 2. The SMILES string of the molecule is Cc1ccc(C(=O)c2oc3ccccc3c2NC(=O)C2COc3ccccc3O2)cc1F. The van der Waals surface area contributed by atoms with E-state index in [1.54, 1.807) is 49.4 Å². The second kappa shape index (κ2) is 7.85. The highest BCUT2D eigenvalue weighted by atomic mass is 19.1. The number of rotatable bonds is 4. The zero-order valence-corrected chi connectivity index (χ0v) is 17.1. The maximum atomic E-state index is 14.1. The van der Waals surface area contributed by atoms with E-state index in [-0.39, 0.29) is 23.6 Å². The molecule has 7 heteroatoms. The molecule has 1 N–H and O–H groups in total. The maximum absolute atomic E-state index is 14.1. The topological polar surface area (TPSA) is 77.8 Å². The highest BCUT2D eigenvalue weighted by Crippen LogP contribution is 2.34. The van der Waals surface area contributed by atoms with Crippen molar-refractivity contribution in [2.45, 2.75) is 13.0 Å². The number of nitrogens with one attached hydrogen (secondary N) is 1.